The first kappa shape index (κ1) is 14.1. The lowest BCUT2D eigenvalue weighted by Gasteiger charge is -2.34. The molecular weight excluding hydrogens is 268 g/mol. The number of hydrogen-bond acceptors (Lipinski definition) is 3. The molecule has 3 rings (SSSR count). The van der Waals surface area contributed by atoms with Crippen LogP contribution in [-0.4, -0.2) is 45.9 Å². The van der Waals surface area contributed by atoms with Gasteiger partial charge in [0.15, 0.2) is 0 Å². The average Bonchev–Trinajstić information content (AvgIpc) is 2.97. The Hall–Kier alpha value is -1.85. The number of rotatable bonds is 2. The zero-order chi connectivity index (χ0) is 14.8. The third-order valence-corrected chi connectivity index (χ3v) is 4.50. The number of likely N-dealkylation sites (N-methyl/N-ethyl adjacent to an activating group) is 1. The first-order valence-corrected chi connectivity index (χ1v) is 7.79. The minimum Gasteiger partial charge on any atom is -0.357 e. The van der Waals surface area contributed by atoms with Gasteiger partial charge < -0.3 is 14.8 Å². The molecule has 2 aliphatic rings. The summed E-state index contributed by atoms with van der Waals surface area (Å²) in [5.41, 5.74) is 0.639. The van der Waals surface area contributed by atoms with Crippen molar-refractivity contribution in [3.63, 3.8) is 0 Å². The van der Waals surface area contributed by atoms with Gasteiger partial charge in [0.25, 0.3) is 5.91 Å². The summed E-state index contributed by atoms with van der Waals surface area (Å²) in [5.74, 6) is 0.878. The summed E-state index contributed by atoms with van der Waals surface area (Å²) in [6.07, 6.45) is 7.53. The Labute approximate surface area is 124 Å². The van der Waals surface area contributed by atoms with E-state index >= 15 is 0 Å². The fourth-order valence-corrected chi connectivity index (χ4v) is 3.35. The quantitative estimate of drug-likeness (QED) is 0.882. The molecule has 0 spiro atoms. The predicted molar refractivity (Wildman–Crippen MR) is 77.9 cm³/mol. The highest BCUT2D eigenvalue weighted by Crippen LogP contribution is 2.22. The van der Waals surface area contributed by atoms with Gasteiger partial charge in [-0.25, -0.2) is 4.98 Å². The number of nitrogens with one attached hydrogen (secondary N) is 1. The maximum Gasteiger partial charge on any atom is 0.272 e. The summed E-state index contributed by atoms with van der Waals surface area (Å²) >= 11 is 0. The van der Waals surface area contributed by atoms with Gasteiger partial charge in [0.1, 0.15) is 17.6 Å². The third kappa shape index (κ3) is 2.54. The molecule has 6 nitrogen and oxygen atoms in total. The van der Waals surface area contributed by atoms with Crippen LogP contribution in [0.5, 0.6) is 0 Å². The first-order chi connectivity index (χ1) is 10.2. The van der Waals surface area contributed by atoms with Crippen LogP contribution in [0, 0.1) is 0 Å². The van der Waals surface area contributed by atoms with Crippen molar-refractivity contribution in [3.8, 4) is 0 Å². The summed E-state index contributed by atoms with van der Waals surface area (Å²) in [6.45, 7) is 1.51. The van der Waals surface area contributed by atoms with Crippen molar-refractivity contribution in [2.24, 2.45) is 0 Å². The molecule has 1 fully saturated rings. The van der Waals surface area contributed by atoms with E-state index < -0.39 is 0 Å². The van der Waals surface area contributed by atoms with Gasteiger partial charge in [-0.2, -0.15) is 0 Å². The largest absolute Gasteiger partial charge is 0.357 e. The number of carbonyl (C=O) groups is 2. The molecule has 1 unspecified atom stereocenters. The topological polar surface area (TPSA) is 67.2 Å². The molecule has 0 aliphatic carbocycles. The SMILES string of the molecule is CNC(=O)C1CCCCN1C(=O)c1cnc2n1CCCC2. The molecule has 3 heterocycles. The van der Waals surface area contributed by atoms with Gasteiger partial charge in [-0.3, -0.25) is 9.59 Å². The third-order valence-electron chi connectivity index (χ3n) is 4.50. The lowest BCUT2D eigenvalue weighted by atomic mass is 10.0. The molecule has 2 aliphatic heterocycles. The maximum atomic E-state index is 12.8. The number of likely N-dealkylation sites (tertiary alicyclic amines) is 1. The molecule has 1 atom stereocenters. The van der Waals surface area contributed by atoms with E-state index in [1.54, 1.807) is 18.1 Å². The van der Waals surface area contributed by atoms with Crippen LogP contribution in [0.3, 0.4) is 0 Å². The second-order valence-electron chi connectivity index (χ2n) is 5.79. The van der Waals surface area contributed by atoms with E-state index in [4.69, 9.17) is 0 Å². The van der Waals surface area contributed by atoms with Crippen LogP contribution in [0.2, 0.25) is 0 Å². The Bertz CT molecular complexity index is 552. The highest BCUT2D eigenvalue weighted by molar-refractivity contribution is 5.96. The smallest absolute Gasteiger partial charge is 0.272 e. The Kier molecular flexibility index (Phi) is 3.94. The lowest BCUT2D eigenvalue weighted by Crippen LogP contribution is -2.51. The van der Waals surface area contributed by atoms with Gasteiger partial charge in [-0.05, 0) is 32.1 Å². The molecule has 6 heteroatoms. The molecule has 0 saturated carbocycles. The number of aryl methyl sites for hydroxylation is 1. The highest BCUT2D eigenvalue weighted by atomic mass is 16.2. The Morgan fingerprint density at radius 2 is 2.05 bits per heavy atom. The number of aromatic nitrogens is 2. The van der Waals surface area contributed by atoms with E-state index in [-0.39, 0.29) is 17.9 Å². The second kappa shape index (κ2) is 5.87. The molecule has 1 N–H and O–H groups in total. The van der Waals surface area contributed by atoms with Crippen LogP contribution in [0.1, 0.15) is 48.4 Å². The number of hydrogen-bond donors (Lipinski definition) is 1. The molecule has 0 radical (unpaired) electrons. The zero-order valence-electron chi connectivity index (χ0n) is 12.5. The fourth-order valence-electron chi connectivity index (χ4n) is 3.35. The van der Waals surface area contributed by atoms with Gasteiger partial charge in [-0.15, -0.1) is 0 Å². The molecule has 114 valence electrons. The molecule has 1 saturated heterocycles. The van der Waals surface area contributed by atoms with E-state index in [9.17, 15) is 9.59 Å². The number of amides is 2. The number of fused-ring (bicyclic) bond motifs is 1. The molecule has 1 aromatic rings. The van der Waals surface area contributed by atoms with Crippen LogP contribution in [-0.2, 0) is 17.8 Å². The van der Waals surface area contributed by atoms with Crippen LogP contribution in [0.4, 0.5) is 0 Å². The standard InChI is InChI=1S/C15H22N4O2/c1-16-14(20)11-6-2-4-9-19(11)15(21)12-10-17-13-7-3-5-8-18(12)13/h10-11H,2-9H2,1H3,(H,16,20). The summed E-state index contributed by atoms with van der Waals surface area (Å²) in [7, 11) is 1.63. The summed E-state index contributed by atoms with van der Waals surface area (Å²) in [5, 5.41) is 2.67. The molecule has 21 heavy (non-hydrogen) atoms. The minimum absolute atomic E-state index is 0.0519. The monoisotopic (exact) mass is 290 g/mol. The van der Waals surface area contributed by atoms with Crippen molar-refractivity contribution in [1.29, 1.82) is 0 Å². The Morgan fingerprint density at radius 3 is 2.86 bits per heavy atom. The van der Waals surface area contributed by atoms with E-state index in [2.05, 4.69) is 10.3 Å². The van der Waals surface area contributed by atoms with Crippen molar-refractivity contribution in [2.45, 2.75) is 51.1 Å². The summed E-state index contributed by atoms with van der Waals surface area (Å²) in [4.78, 5) is 31.0. The molecular formula is C15H22N4O2. The molecule has 0 aromatic carbocycles. The van der Waals surface area contributed by atoms with Gasteiger partial charge in [-0.1, -0.05) is 0 Å². The number of carbonyl (C=O) groups excluding carboxylic acids is 2. The fraction of sp³-hybridized carbons (Fsp3) is 0.667. The van der Waals surface area contributed by atoms with Crippen LogP contribution < -0.4 is 5.32 Å². The van der Waals surface area contributed by atoms with Gasteiger partial charge >= 0.3 is 0 Å². The Balaban J connectivity index is 1.86. The van der Waals surface area contributed by atoms with E-state index in [1.807, 2.05) is 4.57 Å². The van der Waals surface area contributed by atoms with E-state index in [0.29, 0.717) is 12.2 Å². The average molecular weight is 290 g/mol. The highest BCUT2D eigenvalue weighted by Gasteiger charge is 2.34. The van der Waals surface area contributed by atoms with E-state index in [0.717, 1.165) is 50.9 Å². The number of nitrogens with zero attached hydrogens (tertiary/aromatic N) is 3. The zero-order valence-corrected chi connectivity index (χ0v) is 12.5. The first-order valence-electron chi connectivity index (χ1n) is 7.79. The van der Waals surface area contributed by atoms with Crippen molar-refractivity contribution in [1.82, 2.24) is 19.8 Å². The normalized spacial score (nSPS) is 21.8. The van der Waals surface area contributed by atoms with Crippen LogP contribution in [0.25, 0.3) is 0 Å². The lowest BCUT2D eigenvalue weighted by molar-refractivity contribution is -0.126. The second-order valence-corrected chi connectivity index (χ2v) is 5.79. The predicted octanol–water partition coefficient (Wildman–Crippen LogP) is 0.960. The van der Waals surface area contributed by atoms with Crippen LogP contribution >= 0.6 is 0 Å². The molecule has 2 amide bonds. The maximum absolute atomic E-state index is 12.8. The van der Waals surface area contributed by atoms with E-state index in [1.165, 1.54) is 0 Å². The van der Waals surface area contributed by atoms with Crippen molar-refractivity contribution >= 4 is 11.8 Å². The number of imidazole rings is 1. The summed E-state index contributed by atoms with van der Waals surface area (Å²) < 4.78 is 2.03. The van der Waals surface area contributed by atoms with Crippen molar-refractivity contribution < 1.29 is 9.59 Å². The molecule has 1 aromatic heterocycles. The Morgan fingerprint density at radius 1 is 1.24 bits per heavy atom. The van der Waals surface area contributed by atoms with Crippen molar-refractivity contribution in [2.75, 3.05) is 13.6 Å². The van der Waals surface area contributed by atoms with Gasteiger partial charge in [0.2, 0.25) is 5.91 Å². The summed E-state index contributed by atoms with van der Waals surface area (Å²) in [6, 6.07) is -0.342. The minimum atomic E-state index is -0.342. The van der Waals surface area contributed by atoms with Gasteiger partial charge in [0.05, 0.1) is 6.20 Å². The van der Waals surface area contributed by atoms with Crippen molar-refractivity contribution in [3.05, 3.63) is 17.7 Å². The number of piperidine rings is 1. The van der Waals surface area contributed by atoms with Gasteiger partial charge in [0, 0.05) is 26.6 Å². The van der Waals surface area contributed by atoms with Crippen LogP contribution in [0.15, 0.2) is 6.20 Å². The molecule has 0 bridgehead atoms.